The number of amides is 1. The quantitative estimate of drug-likeness (QED) is 0.510. The van der Waals surface area contributed by atoms with E-state index in [9.17, 15) is 14.7 Å². The van der Waals surface area contributed by atoms with Gasteiger partial charge in [-0.25, -0.2) is 4.79 Å². The second-order valence-corrected chi connectivity index (χ2v) is 6.61. The van der Waals surface area contributed by atoms with Crippen LogP contribution in [-0.4, -0.2) is 35.0 Å². The maximum absolute atomic E-state index is 12.1. The fourth-order valence-electron chi connectivity index (χ4n) is 2.82. The molecular formula is C18H35NO3. The number of aliphatic carboxylic acids is 1. The number of unbranched alkanes of at least 4 members (excludes halogenated alkanes) is 8. The number of carbonyl (C=O) groups excluding carboxylic acids is 1. The Kier molecular flexibility index (Phi) is 11.9. The van der Waals surface area contributed by atoms with Crippen LogP contribution in [0.4, 0.5) is 0 Å². The van der Waals surface area contributed by atoms with Crippen molar-refractivity contribution in [3.8, 4) is 0 Å². The number of carboxylic acid groups (broad SMARTS) is 1. The van der Waals surface area contributed by atoms with Crippen molar-refractivity contribution in [2.75, 3.05) is 7.05 Å². The van der Waals surface area contributed by atoms with Crippen LogP contribution in [0.3, 0.4) is 0 Å². The normalized spacial score (nSPS) is 12.4. The summed E-state index contributed by atoms with van der Waals surface area (Å²) in [5.74, 6) is -1.04. The summed E-state index contributed by atoms with van der Waals surface area (Å²) in [6, 6.07) is -0.717. The summed E-state index contributed by atoms with van der Waals surface area (Å²) in [6.07, 6.45) is 11.4. The van der Waals surface area contributed by atoms with Crippen LogP contribution in [0.25, 0.3) is 0 Å². The van der Waals surface area contributed by atoms with Crippen molar-refractivity contribution >= 4 is 11.9 Å². The largest absolute Gasteiger partial charge is 0.480 e. The molecule has 1 amide bonds. The molecule has 22 heavy (non-hydrogen) atoms. The fraction of sp³-hybridized carbons (Fsp3) is 0.889. The van der Waals surface area contributed by atoms with Crippen molar-refractivity contribution in [3.05, 3.63) is 0 Å². The minimum absolute atomic E-state index is 0.0518. The molecule has 0 aromatic carbocycles. The molecule has 1 atom stereocenters. The first kappa shape index (κ1) is 20.9. The summed E-state index contributed by atoms with van der Waals surface area (Å²) in [4.78, 5) is 24.7. The predicted molar refractivity (Wildman–Crippen MR) is 90.9 cm³/mol. The number of hydrogen-bond acceptors (Lipinski definition) is 2. The number of rotatable bonds is 13. The Bertz CT molecular complexity index is 315. The Morgan fingerprint density at radius 3 is 1.77 bits per heavy atom. The minimum atomic E-state index is -0.919. The zero-order chi connectivity index (χ0) is 17.0. The maximum Gasteiger partial charge on any atom is 0.326 e. The van der Waals surface area contributed by atoms with Gasteiger partial charge < -0.3 is 10.0 Å². The molecule has 0 radical (unpaired) electrons. The van der Waals surface area contributed by atoms with E-state index in [0.717, 1.165) is 12.8 Å². The molecule has 0 rings (SSSR count). The van der Waals surface area contributed by atoms with Crippen molar-refractivity contribution in [2.45, 2.75) is 91.0 Å². The van der Waals surface area contributed by atoms with Crippen molar-refractivity contribution in [3.63, 3.8) is 0 Å². The molecule has 1 N–H and O–H groups in total. The summed E-state index contributed by atoms with van der Waals surface area (Å²) in [7, 11) is 1.61. The van der Waals surface area contributed by atoms with Gasteiger partial charge in [0.1, 0.15) is 6.04 Å². The standard InChI is InChI=1S/C18H35NO3/c1-5-6-7-8-9-10-11-12-13-14-16(20)19(4)17(15(2)3)18(21)22/h15,17H,5-14H2,1-4H3,(H,21,22)/t17-/m0/s1. The molecular weight excluding hydrogens is 278 g/mol. The third kappa shape index (κ3) is 9.06. The average Bonchev–Trinajstić information content (AvgIpc) is 2.44. The lowest BCUT2D eigenvalue weighted by molar-refractivity contribution is -0.151. The minimum Gasteiger partial charge on any atom is -0.480 e. The number of hydrogen-bond donors (Lipinski definition) is 1. The summed E-state index contributed by atoms with van der Waals surface area (Å²) >= 11 is 0. The smallest absolute Gasteiger partial charge is 0.326 e. The topological polar surface area (TPSA) is 57.6 Å². The molecule has 4 nitrogen and oxygen atoms in total. The highest BCUT2D eigenvalue weighted by Crippen LogP contribution is 2.14. The molecule has 0 saturated heterocycles. The molecule has 0 aliphatic carbocycles. The van der Waals surface area contributed by atoms with E-state index in [-0.39, 0.29) is 11.8 Å². The van der Waals surface area contributed by atoms with Crippen molar-refractivity contribution in [1.82, 2.24) is 4.90 Å². The number of nitrogens with zero attached hydrogens (tertiary/aromatic N) is 1. The molecule has 4 heteroatoms. The third-order valence-electron chi connectivity index (χ3n) is 4.19. The van der Waals surface area contributed by atoms with E-state index in [1.54, 1.807) is 7.05 Å². The van der Waals surface area contributed by atoms with Gasteiger partial charge in [0.05, 0.1) is 0 Å². The van der Waals surface area contributed by atoms with E-state index < -0.39 is 12.0 Å². The zero-order valence-corrected chi connectivity index (χ0v) is 14.9. The molecule has 0 aliphatic heterocycles. The SMILES string of the molecule is CCCCCCCCCCCC(=O)N(C)[C@H](C(=O)O)C(C)C. The van der Waals surface area contributed by atoms with Crippen LogP contribution in [0.1, 0.15) is 85.0 Å². The highest BCUT2D eigenvalue weighted by molar-refractivity contribution is 5.83. The van der Waals surface area contributed by atoms with Crippen LogP contribution in [0, 0.1) is 5.92 Å². The van der Waals surface area contributed by atoms with Gasteiger partial charge in [0.2, 0.25) is 5.91 Å². The maximum atomic E-state index is 12.1. The van der Waals surface area contributed by atoms with E-state index in [4.69, 9.17) is 0 Å². The van der Waals surface area contributed by atoms with Crippen molar-refractivity contribution in [2.24, 2.45) is 5.92 Å². The second kappa shape index (κ2) is 12.5. The van der Waals surface area contributed by atoms with Gasteiger partial charge in [0.25, 0.3) is 0 Å². The lowest BCUT2D eigenvalue weighted by Crippen LogP contribution is -2.45. The Hall–Kier alpha value is -1.06. The molecule has 0 spiro atoms. The summed E-state index contributed by atoms with van der Waals surface area (Å²) < 4.78 is 0. The molecule has 0 fully saturated rings. The fourth-order valence-corrected chi connectivity index (χ4v) is 2.82. The molecule has 0 bridgehead atoms. The molecule has 0 aromatic rings. The van der Waals surface area contributed by atoms with Gasteiger partial charge in [-0.05, 0) is 12.3 Å². The Morgan fingerprint density at radius 2 is 1.36 bits per heavy atom. The monoisotopic (exact) mass is 313 g/mol. The Labute approximate surface area is 136 Å². The summed E-state index contributed by atoms with van der Waals surface area (Å²) in [5.41, 5.74) is 0. The third-order valence-corrected chi connectivity index (χ3v) is 4.19. The van der Waals surface area contributed by atoms with Crippen LogP contribution >= 0.6 is 0 Å². The molecule has 0 aromatic heterocycles. The van der Waals surface area contributed by atoms with Gasteiger partial charge in [-0.2, -0.15) is 0 Å². The molecule has 0 saturated carbocycles. The van der Waals surface area contributed by atoms with Gasteiger partial charge in [-0.1, -0.05) is 72.1 Å². The first-order valence-corrected chi connectivity index (χ1v) is 8.90. The van der Waals surface area contributed by atoms with E-state index >= 15 is 0 Å². The van der Waals surface area contributed by atoms with Gasteiger partial charge in [0, 0.05) is 13.5 Å². The molecule has 0 heterocycles. The molecule has 0 unspecified atom stereocenters. The average molecular weight is 313 g/mol. The first-order chi connectivity index (χ1) is 10.4. The van der Waals surface area contributed by atoms with Gasteiger partial charge in [-0.15, -0.1) is 0 Å². The highest BCUT2D eigenvalue weighted by Gasteiger charge is 2.28. The predicted octanol–water partition coefficient (Wildman–Crippen LogP) is 4.47. The van der Waals surface area contributed by atoms with Crippen LogP contribution in [0.2, 0.25) is 0 Å². The zero-order valence-electron chi connectivity index (χ0n) is 14.9. The Balaban J connectivity index is 3.78. The van der Waals surface area contributed by atoms with Crippen LogP contribution in [0.5, 0.6) is 0 Å². The summed E-state index contributed by atoms with van der Waals surface area (Å²) in [6.45, 7) is 5.89. The number of carboxylic acids is 1. The summed E-state index contributed by atoms with van der Waals surface area (Å²) in [5, 5.41) is 9.20. The van der Waals surface area contributed by atoms with E-state index in [1.165, 1.54) is 49.8 Å². The molecule has 130 valence electrons. The first-order valence-electron chi connectivity index (χ1n) is 8.90. The van der Waals surface area contributed by atoms with E-state index in [2.05, 4.69) is 6.92 Å². The highest BCUT2D eigenvalue weighted by atomic mass is 16.4. The Morgan fingerprint density at radius 1 is 0.909 bits per heavy atom. The lowest BCUT2D eigenvalue weighted by atomic mass is 10.0. The van der Waals surface area contributed by atoms with Gasteiger partial charge in [-0.3, -0.25) is 4.79 Å². The van der Waals surface area contributed by atoms with Crippen LogP contribution in [0.15, 0.2) is 0 Å². The number of likely N-dealkylation sites (N-methyl/N-ethyl adjacent to an activating group) is 1. The van der Waals surface area contributed by atoms with Gasteiger partial charge in [0.15, 0.2) is 0 Å². The van der Waals surface area contributed by atoms with Crippen LogP contribution in [-0.2, 0) is 9.59 Å². The van der Waals surface area contributed by atoms with Crippen molar-refractivity contribution < 1.29 is 14.7 Å². The number of carbonyl (C=O) groups is 2. The van der Waals surface area contributed by atoms with Crippen LogP contribution < -0.4 is 0 Å². The van der Waals surface area contributed by atoms with Crippen molar-refractivity contribution in [1.29, 1.82) is 0 Å². The lowest BCUT2D eigenvalue weighted by Gasteiger charge is -2.27. The molecule has 0 aliphatic rings. The van der Waals surface area contributed by atoms with E-state index in [0.29, 0.717) is 6.42 Å². The second-order valence-electron chi connectivity index (χ2n) is 6.61. The van der Waals surface area contributed by atoms with Gasteiger partial charge >= 0.3 is 5.97 Å². The van der Waals surface area contributed by atoms with E-state index in [1.807, 2.05) is 13.8 Å².